The number of rotatable bonds is 6. The molecular formula is C13H23BrN4O. The van der Waals surface area contributed by atoms with Crippen molar-refractivity contribution in [1.82, 2.24) is 14.7 Å². The molecule has 1 N–H and O–H groups in total. The molecule has 0 aliphatic heterocycles. The number of nitrogens with one attached hydrogen (secondary N) is 1. The summed E-state index contributed by atoms with van der Waals surface area (Å²) in [6.45, 7) is 7.70. The van der Waals surface area contributed by atoms with Crippen LogP contribution in [0.2, 0.25) is 0 Å². The van der Waals surface area contributed by atoms with Gasteiger partial charge in [0.15, 0.2) is 0 Å². The van der Waals surface area contributed by atoms with E-state index < -0.39 is 0 Å². The standard InChI is InChI=1S/C13H23BrN4O/c1-6-18-13(19)12(14)10(7-15-18)16-11(9(2)3)8-17(4)5/h7,9,11,16H,6,8H2,1-5H3. The highest BCUT2D eigenvalue weighted by atomic mass is 79.9. The van der Waals surface area contributed by atoms with Crippen molar-refractivity contribution in [2.45, 2.75) is 33.4 Å². The van der Waals surface area contributed by atoms with Crippen molar-refractivity contribution in [2.75, 3.05) is 26.0 Å². The van der Waals surface area contributed by atoms with Crippen molar-refractivity contribution in [2.24, 2.45) is 5.92 Å². The molecule has 0 bridgehead atoms. The van der Waals surface area contributed by atoms with Crippen molar-refractivity contribution in [1.29, 1.82) is 0 Å². The molecule has 0 saturated carbocycles. The van der Waals surface area contributed by atoms with Crippen LogP contribution in [0.15, 0.2) is 15.5 Å². The molecule has 6 heteroatoms. The fourth-order valence-electron chi connectivity index (χ4n) is 1.81. The minimum absolute atomic E-state index is 0.0974. The zero-order chi connectivity index (χ0) is 14.6. The predicted molar refractivity (Wildman–Crippen MR) is 82.7 cm³/mol. The molecule has 0 radical (unpaired) electrons. The van der Waals surface area contributed by atoms with Crippen LogP contribution in [-0.4, -0.2) is 41.4 Å². The number of hydrogen-bond donors (Lipinski definition) is 1. The Balaban J connectivity index is 2.97. The maximum atomic E-state index is 12.0. The zero-order valence-corrected chi connectivity index (χ0v) is 13.9. The number of nitrogens with zero attached hydrogens (tertiary/aromatic N) is 3. The van der Waals surface area contributed by atoms with Crippen LogP contribution in [0.5, 0.6) is 0 Å². The lowest BCUT2D eigenvalue weighted by Crippen LogP contribution is -2.37. The van der Waals surface area contributed by atoms with Crippen LogP contribution in [0.1, 0.15) is 20.8 Å². The molecule has 1 heterocycles. The summed E-state index contributed by atoms with van der Waals surface area (Å²) in [7, 11) is 4.08. The maximum absolute atomic E-state index is 12.0. The second kappa shape index (κ2) is 7.05. The van der Waals surface area contributed by atoms with Crippen LogP contribution in [0, 0.1) is 5.92 Å². The van der Waals surface area contributed by atoms with Gasteiger partial charge < -0.3 is 10.2 Å². The minimum Gasteiger partial charge on any atom is -0.378 e. The highest BCUT2D eigenvalue weighted by Crippen LogP contribution is 2.19. The first-order valence-corrected chi connectivity index (χ1v) is 7.33. The minimum atomic E-state index is -0.0974. The first-order chi connectivity index (χ1) is 8.86. The van der Waals surface area contributed by atoms with Crippen molar-refractivity contribution in [3.05, 3.63) is 21.0 Å². The van der Waals surface area contributed by atoms with Crippen LogP contribution in [0.4, 0.5) is 5.69 Å². The molecule has 0 saturated heterocycles. The van der Waals surface area contributed by atoms with Gasteiger partial charge in [0.2, 0.25) is 0 Å². The summed E-state index contributed by atoms with van der Waals surface area (Å²) >= 11 is 3.37. The van der Waals surface area contributed by atoms with Crippen LogP contribution < -0.4 is 10.9 Å². The molecule has 0 aliphatic carbocycles. The maximum Gasteiger partial charge on any atom is 0.283 e. The van der Waals surface area contributed by atoms with E-state index in [1.165, 1.54) is 4.68 Å². The van der Waals surface area contributed by atoms with Gasteiger partial charge in [0, 0.05) is 19.1 Å². The third-order valence-electron chi connectivity index (χ3n) is 2.99. The first kappa shape index (κ1) is 16.2. The highest BCUT2D eigenvalue weighted by molar-refractivity contribution is 9.10. The molecular weight excluding hydrogens is 308 g/mol. The van der Waals surface area contributed by atoms with Gasteiger partial charge in [-0.05, 0) is 42.9 Å². The van der Waals surface area contributed by atoms with Crippen molar-refractivity contribution in [3.8, 4) is 0 Å². The van der Waals surface area contributed by atoms with E-state index >= 15 is 0 Å². The molecule has 0 aromatic carbocycles. The Labute approximate surface area is 123 Å². The summed E-state index contributed by atoms with van der Waals surface area (Å²) in [5.74, 6) is 0.461. The molecule has 1 rings (SSSR count). The van der Waals surface area contributed by atoms with Crippen LogP contribution in [0.25, 0.3) is 0 Å². The lowest BCUT2D eigenvalue weighted by molar-refractivity contribution is 0.344. The topological polar surface area (TPSA) is 50.2 Å². The smallest absolute Gasteiger partial charge is 0.283 e. The van der Waals surface area contributed by atoms with Gasteiger partial charge in [-0.2, -0.15) is 5.10 Å². The van der Waals surface area contributed by atoms with Crippen molar-refractivity contribution < 1.29 is 0 Å². The Bertz CT molecular complexity index is 470. The van der Waals surface area contributed by atoms with Crippen molar-refractivity contribution >= 4 is 21.6 Å². The molecule has 1 atom stereocenters. The molecule has 1 unspecified atom stereocenters. The van der Waals surface area contributed by atoms with E-state index in [1.54, 1.807) is 6.20 Å². The second-order valence-electron chi connectivity index (χ2n) is 5.25. The summed E-state index contributed by atoms with van der Waals surface area (Å²) in [5, 5.41) is 7.55. The van der Waals surface area contributed by atoms with E-state index in [9.17, 15) is 4.79 Å². The lowest BCUT2D eigenvalue weighted by Gasteiger charge is -2.26. The average Bonchev–Trinajstić information content (AvgIpc) is 2.33. The van der Waals surface area contributed by atoms with Gasteiger partial charge in [-0.15, -0.1) is 0 Å². The van der Waals surface area contributed by atoms with Gasteiger partial charge in [0.05, 0.1) is 11.9 Å². The van der Waals surface area contributed by atoms with Gasteiger partial charge in [0.1, 0.15) is 4.47 Å². The number of hydrogen-bond acceptors (Lipinski definition) is 4. The van der Waals surface area contributed by atoms with E-state index in [0.717, 1.165) is 12.2 Å². The number of aromatic nitrogens is 2. The molecule has 108 valence electrons. The quantitative estimate of drug-likeness (QED) is 0.867. The zero-order valence-electron chi connectivity index (χ0n) is 12.3. The number of anilines is 1. The van der Waals surface area contributed by atoms with E-state index in [1.807, 2.05) is 21.0 Å². The van der Waals surface area contributed by atoms with Gasteiger partial charge in [0.25, 0.3) is 5.56 Å². The van der Waals surface area contributed by atoms with Gasteiger partial charge >= 0.3 is 0 Å². The van der Waals surface area contributed by atoms with E-state index in [-0.39, 0.29) is 11.6 Å². The molecule has 1 aromatic rings. The van der Waals surface area contributed by atoms with Gasteiger partial charge in [-0.1, -0.05) is 13.8 Å². The molecule has 0 fully saturated rings. The fourth-order valence-corrected chi connectivity index (χ4v) is 2.23. The second-order valence-corrected chi connectivity index (χ2v) is 6.04. The number of likely N-dealkylation sites (N-methyl/N-ethyl adjacent to an activating group) is 1. The summed E-state index contributed by atoms with van der Waals surface area (Å²) in [6, 6.07) is 0.268. The van der Waals surface area contributed by atoms with Gasteiger partial charge in [-0.3, -0.25) is 4.79 Å². The Morgan fingerprint density at radius 1 is 1.47 bits per heavy atom. The van der Waals surface area contributed by atoms with Crippen LogP contribution >= 0.6 is 15.9 Å². The van der Waals surface area contributed by atoms with Crippen LogP contribution in [-0.2, 0) is 6.54 Å². The lowest BCUT2D eigenvalue weighted by atomic mass is 10.0. The Kier molecular flexibility index (Phi) is 6.00. The summed E-state index contributed by atoms with van der Waals surface area (Å²) < 4.78 is 1.99. The molecule has 0 spiro atoms. The predicted octanol–water partition coefficient (Wildman–Crippen LogP) is 2.02. The largest absolute Gasteiger partial charge is 0.378 e. The van der Waals surface area contributed by atoms with E-state index in [2.05, 4.69) is 45.1 Å². The fraction of sp³-hybridized carbons (Fsp3) is 0.692. The summed E-state index contributed by atoms with van der Waals surface area (Å²) in [5.41, 5.74) is 0.662. The Morgan fingerprint density at radius 2 is 2.11 bits per heavy atom. The number of halogens is 1. The SMILES string of the molecule is CCn1ncc(NC(CN(C)C)C(C)C)c(Br)c1=O. The molecule has 5 nitrogen and oxygen atoms in total. The van der Waals surface area contributed by atoms with Gasteiger partial charge in [-0.25, -0.2) is 4.68 Å². The molecule has 0 aliphatic rings. The monoisotopic (exact) mass is 330 g/mol. The van der Waals surface area contributed by atoms with E-state index in [0.29, 0.717) is 16.9 Å². The third-order valence-corrected chi connectivity index (χ3v) is 3.76. The Hall–Kier alpha value is -0.880. The summed E-state index contributed by atoms with van der Waals surface area (Å²) in [6.07, 6.45) is 1.71. The average molecular weight is 331 g/mol. The van der Waals surface area contributed by atoms with Crippen LogP contribution in [0.3, 0.4) is 0 Å². The molecule has 1 aromatic heterocycles. The summed E-state index contributed by atoms with van der Waals surface area (Å²) in [4.78, 5) is 14.1. The van der Waals surface area contributed by atoms with Crippen molar-refractivity contribution in [3.63, 3.8) is 0 Å². The third kappa shape index (κ3) is 4.31. The first-order valence-electron chi connectivity index (χ1n) is 6.53. The van der Waals surface area contributed by atoms with E-state index in [4.69, 9.17) is 0 Å². The molecule has 0 amide bonds. The number of aryl methyl sites for hydroxylation is 1. The Morgan fingerprint density at radius 3 is 2.58 bits per heavy atom. The normalized spacial score (nSPS) is 13.1. The molecule has 19 heavy (non-hydrogen) atoms. The highest BCUT2D eigenvalue weighted by Gasteiger charge is 2.17.